The first-order valence-electron chi connectivity index (χ1n) is 8.94. The number of rotatable bonds is 4. The average molecular weight is 343 g/mol. The molecule has 0 radical (unpaired) electrons. The number of likely N-dealkylation sites (tertiary alicyclic amines) is 1. The van der Waals surface area contributed by atoms with Crippen molar-refractivity contribution < 1.29 is 14.6 Å². The van der Waals surface area contributed by atoms with E-state index in [2.05, 4.69) is 16.3 Å². The van der Waals surface area contributed by atoms with E-state index in [0.717, 1.165) is 24.9 Å². The SMILES string of the molecule is N#Cc1ccccc1CN1CC[C@@H](O)[C@@H](C(=O)NC2CCOCC2)C1. The molecule has 2 fully saturated rings. The Morgan fingerprint density at radius 3 is 2.84 bits per heavy atom. The lowest BCUT2D eigenvalue weighted by Crippen LogP contribution is -2.52. The molecule has 0 saturated carbocycles. The lowest BCUT2D eigenvalue weighted by atomic mass is 9.92. The number of nitriles is 1. The van der Waals surface area contributed by atoms with Gasteiger partial charge in [-0.15, -0.1) is 0 Å². The van der Waals surface area contributed by atoms with Crippen LogP contribution in [0.4, 0.5) is 0 Å². The van der Waals surface area contributed by atoms with Gasteiger partial charge in [-0.05, 0) is 30.9 Å². The van der Waals surface area contributed by atoms with Gasteiger partial charge in [-0.3, -0.25) is 9.69 Å². The summed E-state index contributed by atoms with van der Waals surface area (Å²) in [5, 5.41) is 22.6. The minimum atomic E-state index is -0.609. The van der Waals surface area contributed by atoms with Crippen LogP contribution in [-0.4, -0.2) is 54.4 Å². The third-order valence-electron chi connectivity index (χ3n) is 5.10. The Morgan fingerprint density at radius 1 is 1.32 bits per heavy atom. The summed E-state index contributed by atoms with van der Waals surface area (Å²) in [7, 11) is 0. The summed E-state index contributed by atoms with van der Waals surface area (Å²) in [5.41, 5.74) is 1.63. The van der Waals surface area contributed by atoms with Crippen LogP contribution in [0.25, 0.3) is 0 Å². The summed E-state index contributed by atoms with van der Waals surface area (Å²) in [5.74, 6) is -0.497. The van der Waals surface area contributed by atoms with Crippen LogP contribution >= 0.6 is 0 Å². The molecule has 2 saturated heterocycles. The second-order valence-corrected chi connectivity index (χ2v) is 6.86. The summed E-state index contributed by atoms with van der Waals surface area (Å²) in [6.45, 7) is 3.21. The summed E-state index contributed by atoms with van der Waals surface area (Å²) in [6, 6.07) is 9.89. The number of aliphatic hydroxyl groups excluding tert-OH is 1. The van der Waals surface area contributed by atoms with Crippen molar-refractivity contribution in [3.8, 4) is 6.07 Å². The van der Waals surface area contributed by atoms with Crippen molar-refractivity contribution in [2.24, 2.45) is 5.92 Å². The average Bonchev–Trinajstić information content (AvgIpc) is 2.64. The lowest BCUT2D eigenvalue weighted by molar-refractivity contribution is -0.133. The van der Waals surface area contributed by atoms with Crippen molar-refractivity contribution in [1.82, 2.24) is 10.2 Å². The molecule has 6 heteroatoms. The fourth-order valence-electron chi connectivity index (χ4n) is 3.57. The topological polar surface area (TPSA) is 85.6 Å². The predicted octanol–water partition coefficient (Wildman–Crippen LogP) is 1.04. The molecule has 2 N–H and O–H groups in total. The Labute approximate surface area is 148 Å². The zero-order valence-corrected chi connectivity index (χ0v) is 14.4. The number of hydrogen-bond acceptors (Lipinski definition) is 5. The molecular weight excluding hydrogens is 318 g/mol. The number of piperidine rings is 1. The fraction of sp³-hybridized carbons (Fsp3) is 0.579. The van der Waals surface area contributed by atoms with Crippen molar-refractivity contribution in [1.29, 1.82) is 5.26 Å². The number of nitrogens with zero attached hydrogens (tertiary/aromatic N) is 2. The summed E-state index contributed by atoms with van der Waals surface area (Å²) < 4.78 is 5.32. The number of carbonyl (C=O) groups is 1. The standard InChI is InChI=1S/C19H25N3O3/c20-11-14-3-1-2-4-15(14)12-22-8-5-18(23)17(13-22)19(24)21-16-6-9-25-10-7-16/h1-4,16-18,23H,5-10,12-13H2,(H,21,24)/t17-,18+/m0/s1. The third kappa shape index (κ3) is 4.57. The molecule has 2 aliphatic rings. The highest BCUT2D eigenvalue weighted by Gasteiger charge is 2.34. The predicted molar refractivity (Wildman–Crippen MR) is 92.5 cm³/mol. The van der Waals surface area contributed by atoms with Crippen LogP contribution in [0.5, 0.6) is 0 Å². The van der Waals surface area contributed by atoms with E-state index in [1.54, 1.807) is 0 Å². The van der Waals surface area contributed by atoms with Gasteiger partial charge >= 0.3 is 0 Å². The number of aliphatic hydroxyl groups is 1. The fourth-order valence-corrected chi connectivity index (χ4v) is 3.57. The second kappa shape index (κ2) is 8.43. The molecule has 0 unspecified atom stereocenters. The van der Waals surface area contributed by atoms with Gasteiger partial charge in [0.2, 0.25) is 5.91 Å². The molecule has 1 amide bonds. The number of nitrogens with one attached hydrogen (secondary N) is 1. The number of hydrogen-bond donors (Lipinski definition) is 2. The minimum Gasteiger partial charge on any atom is -0.392 e. The first kappa shape index (κ1) is 17.9. The highest BCUT2D eigenvalue weighted by atomic mass is 16.5. The van der Waals surface area contributed by atoms with E-state index in [1.165, 1.54) is 0 Å². The molecule has 1 aromatic rings. The quantitative estimate of drug-likeness (QED) is 0.853. The molecule has 2 heterocycles. The smallest absolute Gasteiger partial charge is 0.227 e. The van der Waals surface area contributed by atoms with Crippen molar-refractivity contribution in [2.75, 3.05) is 26.3 Å². The van der Waals surface area contributed by atoms with E-state index in [-0.39, 0.29) is 11.9 Å². The van der Waals surface area contributed by atoms with Gasteiger partial charge in [0.1, 0.15) is 0 Å². The normalized spacial score (nSPS) is 25.3. The first-order valence-corrected chi connectivity index (χ1v) is 8.94. The van der Waals surface area contributed by atoms with E-state index in [1.807, 2.05) is 24.3 Å². The molecule has 1 aromatic carbocycles. The van der Waals surface area contributed by atoms with Gasteiger partial charge in [0.05, 0.1) is 23.7 Å². The Bertz CT molecular complexity index is 637. The van der Waals surface area contributed by atoms with Crippen LogP contribution in [0.3, 0.4) is 0 Å². The van der Waals surface area contributed by atoms with Crippen molar-refractivity contribution in [2.45, 2.75) is 38.0 Å². The van der Waals surface area contributed by atoms with E-state index < -0.39 is 12.0 Å². The Balaban J connectivity index is 1.61. The maximum atomic E-state index is 12.6. The number of ether oxygens (including phenoxy) is 1. The molecule has 0 aliphatic carbocycles. The van der Waals surface area contributed by atoms with Gasteiger partial charge in [-0.25, -0.2) is 0 Å². The molecule has 2 atom stereocenters. The van der Waals surface area contributed by atoms with Gasteiger partial charge in [0, 0.05) is 38.9 Å². The number of carbonyl (C=O) groups excluding carboxylic acids is 1. The molecule has 134 valence electrons. The monoisotopic (exact) mass is 343 g/mol. The van der Waals surface area contributed by atoms with Crippen molar-refractivity contribution in [3.05, 3.63) is 35.4 Å². The maximum Gasteiger partial charge on any atom is 0.227 e. The van der Waals surface area contributed by atoms with Gasteiger partial charge in [0.15, 0.2) is 0 Å². The molecule has 25 heavy (non-hydrogen) atoms. The van der Waals surface area contributed by atoms with Crippen molar-refractivity contribution >= 4 is 5.91 Å². The molecule has 0 spiro atoms. The summed E-state index contributed by atoms with van der Waals surface area (Å²) >= 11 is 0. The minimum absolute atomic E-state index is 0.0716. The van der Waals surface area contributed by atoms with Crippen LogP contribution in [0, 0.1) is 17.2 Å². The van der Waals surface area contributed by atoms with Crippen molar-refractivity contribution in [3.63, 3.8) is 0 Å². The Kier molecular flexibility index (Phi) is 6.03. The third-order valence-corrected chi connectivity index (χ3v) is 5.10. The molecule has 0 bridgehead atoms. The number of benzene rings is 1. The number of amides is 1. The summed E-state index contributed by atoms with van der Waals surface area (Å²) in [4.78, 5) is 14.8. The van der Waals surface area contributed by atoms with Crippen LogP contribution in [-0.2, 0) is 16.1 Å². The van der Waals surface area contributed by atoms with E-state index in [9.17, 15) is 15.2 Å². The second-order valence-electron chi connectivity index (χ2n) is 6.86. The first-order chi connectivity index (χ1) is 12.2. The molecular formula is C19H25N3O3. The molecule has 3 rings (SSSR count). The van der Waals surface area contributed by atoms with Crippen LogP contribution < -0.4 is 5.32 Å². The van der Waals surface area contributed by atoms with Gasteiger partial charge in [0.25, 0.3) is 0 Å². The lowest BCUT2D eigenvalue weighted by Gasteiger charge is -2.36. The zero-order chi connectivity index (χ0) is 17.6. The van der Waals surface area contributed by atoms with Gasteiger partial charge < -0.3 is 15.2 Å². The van der Waals surface area contributed by atoms with E-state index in [4.69, 9.17) is 4.74 Å². The molecule has 0 aromatic heterocycles. The molecule has 2 aliphatic heterocycles. The van der Waals surface area contributed by atoms with E-state index >= 15 is 0 Å². The highest BCUT2D eigenvalue weighted by molar-refractivity contribution is 5.80. The Morgan fingerprint density at radius 2 is 2.08 bits per heavy atom. The highest BCUT2D eigenvalue weighted by Crippen LogP contribution is 2.21. The largest absolute Gasteiger partial charge is 0.392 e. The van der Waals surface area contributed by atoms with Crippen LogP contribution in [0.1, 0.15) is 30.4 Å². The van der Waals surface area contributed by atoms with Crippen LogP contribution in [0.2, 0.25) is 0 Å². The summed E-state index contributed by atoms with van der Waals surface area (Å²) in [6.07, 6.45) is 1.62. The Hall–Kier alpha value is -1.94. The van der Waals surface area contributed by atoms with Gasteiger partial charge in [-0.1, -0.05) is 18.2 Å². The maximum absolute atomic E-state index is 12.6. The van der Waals surface area contributed by atoms with Gasteiger partial charge in [-0.2, -0.15) is 5.26 Å². The van der Waals surface area contributed by atoms with Crippen LogP contribution in [0.15, 0.2) is 24.3 Å². The van der Waals surface area contributed by atoms with E-state index in [0.29, 0.717) is 38.3 Å². The zero-order valence-electron chi connectivity index (χ0n) is 14.4. The molecule has 6 nitrogen and oxygen atoms in total.